The highest BCUT2D eigenvalue weighted by atomic mass is 16.4. The van der Waals surface area contributed by atoms with E-state index in [0.29, 0.717) is 12.3 Å². The Kier molecular flexibility index (Phi) is 5.53. The number of aromatic nitrogens is 1. The van der Waals surface area contributed by atoms with E-state index in [1.54, 1.807) is 0 Å². The van der Waals surface area contributed by atoms with E-state index in [1.807, 2.05) is 48.2 Å². The zero-order valence-electron chi connectivity index (χ0n) is 16.2. The van der Waals surface area contributed by atoms with Crippen molar-refractivity contribution < 1.29 is 9.21 Å². The maximum Gasteiger partial charge on any atom is 0.228 e. The predicted octanol–water partition coefficient (Wildman–Crippen LogP) is 3.54. The van der Waals surface area contributed by atoms with Crippen molar-refractivity contribution in [3.63, 3.8) is 0 Å². The van der Waals surface area contributed by atoms with Gasteiger partial charge in [0.2, 0.25) is 11.8 Å². The molecule has 1 saturated heterocycles. The van der Waals surface area contributed by atoms with Crippen molar-refractivity contribution in [3.05, 3.63) is 77.7 Å². The molecular weight excluding hydrogens is 350 g/mol. The summed E-state index contributed by atoms with van der Waals surface area (Å²) in [5, 5.41) is 0. The van der Waals surface area contributed by atoms with Gasteiger partial charge in [-0.05, 0) is 24.6 Å². The van der Waals surface area contributed by atoms with E-state index in [4.69, 9.17) is 4.42 Å². The quantitative estimate of drug-likeness (QED) is 0.684. The number of carbonyl (C=O) groups is 1. The summed E-state index contributed by atoms with van der Waals surface area (Å²) >= 11 is 0. The van der Waals surface area contributed by atoms with Gasteiger partial charge in [-0.1, -0.05) is 48.5 Å². The summed E-state index contributed by atoms with van der Waals surface area (Å²) in [6.45, 7) is 6.12. The molecule has 1 fully saturated rings. The second-order valence-electron chi connectivity index (χ2n) is 7.21. The third-order valence-electron chi connectivity index (χ3n) is 5.21. The molecule has 5 heteroatoms. The van der Waals surface area contributed by atoms with Crippen LogP contribution in [0.5, 0.6) is 0 Å². The Morgan fingerprint density at radius 2 is 1.61 bits per heavy atom. The Morgan fingerprint density at radius 1 is 0.964 bits per heavy atom. The zero-order chi connectivity index (χ0) is 19.3. The highest BCUT2D eigenvalue weighted by Gasteiger charge is 2.23. The molecule has 0 unspecified atom stereocenters. The van der Waals surface area contributed by atoms with Crippen molar-refractivity contribution in [1.29, 1.82) is 0 Å². The summed E-state index contributed by atoms with van der Waals surface area (Å²) in [4.78, 5) is 21.7. The lowest BCUT2D eigenvalue weighted by Crippen LogP contribution is -2.48. The van der Waals surface area contributed by atoms with Crippen LogP contribution in [0, 0.1) is 6.92 Å². The lowest BCUT2D eigenvalue weighted by atomic mass is 10.2. The first-order valence-electron chi connectivity index (χ1n) is 9.75. The second kappa shape index (κ2) is 8.40. The summed E-state index contributed by atoms with van der Waals surface area (Å²) in [5.41, 5.74) is 2.98. The molecule has 5 nitrogen and oxygen atoms in total. The van der Waals surface area contributed by atoms with Crippen LogP contribution in [0.2, 0.25) is 0 Å². The highest BCUT2D eigenvalue weighted by molar-refractivity contribution is 5.78. The van der Waals surface area contributed by atoms with E-state index in [1.165, 1.54) is 5.56 Å². The number of oxazole rings is 1. The number of nitrogens with zero attached hydrogens (tertiary/aromatic N) is 3. The van der Waals surface area contributed by atoms with Crippen molar-refractivity contribution in [2.45, 2.75) is 19.9 Å². The van der Waals surface area contributed by atoms with Crippen molar-refractivity contribution in [2.75, 3.05) is 26.2 Å². The Hall–Kier alpha value is -2.92. The molecule has 0 bridgehead atoms. The Bertz CT molecular complexity index is 914. The molecule has 1 aliphatic heterocycles. The lowest BCUT2D eigenvalue weighted by molar-refractivity contribution is -0.132. The number of amides is 1. The molecule has 2 aromatic carbocycles. The van der Waals surface area contributed by atoms with E-state index in [9.17, 15) is 4.79 Å². The van der Waals surface area contributed by atoms with Gasteiger partial charge in [0.25, 0.3) is 0 Å². The van der Waals surface area contributed by atoms with Gasteiger partial charge in [-0.25, -0.2) is 4.98 Å². The van der Waals surface area contributed by atoms with Crippen LogP contribution in [0.3, 0.4) is 0 Å². The normalized spacial score (nSPS) is 15.0. The molecule has 144 valence electrons. The first kappa shape index (κ1) is 18.4. The molecule has 0 aliphatic carbocycles. The van der Waals surface area contributed by atoms with Crippen molar-refractivity contribution in [1.82, 2.24) is 14.8 Å². The van der Waals surface area contributed by atoms with Gasteiger partial charge in [-0.3, -0.25) is 9.69 Å². The van der Waals surface area contributed by atoms with E-state index in [2.05, 4.69) is 34.1 Å². The van der Waals surface area contributed by atoms with Gasteiger partial charge >= 0.3 is 0 Å². The van der Waals surface area contributed by atoms with E-state index >= 15 is 0 Å². The summed E-state index contributed by atoms with van der Waals surface area (Å²) in [7, 11) is 0. The van der Waals surface area contributed by atoms with Gasteiger partial charge in [-0.15, -0.1) is 0 Å². The van der Waals surface area contributed by atoms with Crippen LogP contribution in [0.1, 0.15) is 17.0 Å². The molecule has 0 saturated carbocycles. The van der Waals surface area contributed by atoms with Gasteiger partial charge in [-0.2, -0.15) is 0 Å². The lowest BCUT2D eigenvalue weighted by Gasteiger charge is -2.34. The average Bonchev–Trinajstić information content (AvgIpc) is 3.10. The van der Waals surface area contributed by atoms with Crippen molar-refractivity contribution in [3.8, 4) is 11.5 Å². The number of hydrogen-bond acceptors (Lipinski definition) is 4. The zero-order valence-corrected chi connectivity index (χ0v) is 16.2. The number of hydrogen-bond donors (Lipinski definition) is 0. The minimum atomic E-state index is 0.121. The van der Waals surface area contributed by atoms with E-state index < -0.39 is 0 Å². The molecule has 1 aromatic heterocycles. The van der Waals surface area contributed by atoms with Gasteiger partial charge in [0.05, 0.1) is 12.1 Å². The van der Waals surface area contributed by atoms with Crippen LogP contribution in [0.4, 0.5) is 0 Å². The molecule has 1 amide bonds. The summed E-state index contributed by atoms with van der Waals surface area (Å²) < 4.78 is 5.78. The predicted molar refractivity (Wildman–Crippen MR) is 109 cm³/mol. The molecular formula is C23H25N3O2. The van der Waals surface area contributed by atoms with Crippen LogP contribution < -0.4 is 0 Å². The fourth-order valence-corrected chi connectivity index (χ4v) is 3.55. The van der Waals surface area contributed by atoms with Gasteiger partial charge in [0, 0.05) is 38.3 Å². The van der Waals surface area contributed by atoms with Crippen LogP contribution in [-0.2, 0) is 17.8 Å². The van der Waals surface area contributed by atoms with Crippen LogP contribution in [-0.4, -0.2) is 46.9 Å². The third-order valence-corrected chi connectivity index (χ3v) is 5.21. The van der Waals surface area contributed by atoms with Gasteiger partial charge < -0.3 is 9.32 Å². The third kappa shape index (κ3) is 4.31. The fraction of sp³-hybridized carbons (Fsp3) is 0.304. The van der Waals surface area contributed by atoms with E-state index in [-0.39, 0.29) is 5.91 Å². The minimum absolute atomic E-state index is 0.121. The van der Waals surface area contributed by atoms with Gasteiger partial charge in [0.1, 0.15) is 5.76 Å². The monoisotopic (exact) mass is 375 g/mol. The number of carbonyl (C=O) groups excluding carboxylic acids is 1. The molecule has 1 aliphatic rings. The molecule has 2 heterocycles. The largest absolute Gasteiger partial charge is 0.441 e. The molecule has 0 radical (unpaired) electrons. The number of aryl methyl sites for hydroxylation is 1. The summed E-state index contributed by atoms with van der Waals surface area (Å²) in [6, 6.07) is 20.3. The minimum Gasteiger partial charge on any atom is -0.441 e. The SMILES string of the molecule is Cc1oc(-c2ccccc2)nc1CC(=O)N1CCN(Cc2ccccc2)CC1. The topological polar surface area (TPSA) is 49.6 Å². The first-order chi connectivity index (χ1) is 13.7. The van der Waals surface area contributed by atoms with Gasteiger partial charge in [0.15, 0.2) is 0 Å². The standard InChI is InChI=1S/C23H25N3O2/c1-18-21(24-23(28-18)20-10-6-3-7-11-20)16-22(27)26-14-12-25(13-15-26)17-19-8-4-2-5-9-19/h2-11H,12-17H2,1H3. The van der Waals surface area contributed by atoms with E-state index in [0.717, 1.165) is 49.7 Å². The van der Waals surface area contributed by atoms with Crippen LogP contribution >= 0.6 is 0 Å². The smallest absolute Gasteiger partial charge is 0.228 e. The Balaban J connectivity index is 1.33. The Morgan fingerprint density at radius 3 is 2.29 bits per heavy atom. The molecule has 0 atom stereocenters. The number of piperazine rings is 1. The summed E-state index contributed by atoms with van der Waals surface area (Å²) in [5.74, 6) is 1.42. The van der Waals surface area contributed by atoms with Crippen molar-refractivity contribution in [2.24, 2.45) is 0 Å². The van der Waals surface area contributed by atoms with Crippen LogP contribution in [0.15, 0.2) is 65.1 Å². The van der Waals surface area contributed by atoms with Crippen LogP contribution in [0.25, 0.3) is 11.5 Å². The maximum absolute atomic E-state index is 12.8. The van der Waals surface area contributed by atoms with Crippen molar-refractivity contribution >= 4 is 5.91 Å². The molecule has 0 spiro atoms. The molecule has 3 aromatic rings. The molecule has 28 heavy (non-hydrogen) atoms. The Labute approximate surface area is 165 Å². The number of rotatable bonds is 5. The highest BCUT2D eigenvalue weighted by Crippen LogP contribution is 2.22. The second-order valence-corrected chi connectivity index (χ2v) is 7.21. The maximum atomic E-state index is 12.8. The number of benzene rings is 2. The molecule has 4 rings (SSSR count). The summed E-state index contributed by atoms with van der Waals surface area (Å²) in [6.07, 6.45) is 0.293. The fourth-order valence-electron chi connectivity index (χ4n) is 3.55. The first-order valence-corrected chi connectivity index (χ1v) is 9.75. The average molecular weight is 375 g/mol. The molecule has 0 N–H and O–H groups in total.